The predicted octanol–water partition coefficient (Wildman–Crippen LogP) is 3.31. The summed E-state index contributed by atoms with van der Waals surface area (Å²) in [6, 6.07) is 11.4. The second-order valence-corrected chi connectivity index (χ2v) is 9.04. The van der Waals surface area contributed by atoms with Crippen LogP contribution in [0.2, 0.25) is 0 Å². The molecule has 0 aliphatic rings. The maximum Gasteiger partial charge on any atom is 0.255 e. The highest BCUT2D eigenvalue weighted by Gasteiger charge is 2.22. The van der Waals surface area contributed by atoms with Crippen LogP contribution < -0.4 is 5.32 Å². The lowest BCUT2D eigenvalue weighted by atomic mass is 10.1. The van der Waals surface area contributed by atoms with E-state index in [1.807, 2.05) is 0 Å². The number of hydrogen-bond donors (Lipinski definition) is 1. The molecule has 0 saturated heterocycles. The van der Waals surface area contributed by atoms with Crippen LogP contribution in [0.1, 0.15) is 16.2 Å². The number of hydrogen-bond acceptors (Lipinski definition) is 6. The van der Waals surface area contributed by atoms with Crippen molar-refractivity contribution in [2.75, 3.05) is 19.4 Å². The number of aryl methyl sites for hydroxylation is 1. The quantitative estimate of drug-likeness (QED) is 0.620. The van der Waals surface area contributed by atoms with E-state index < -0.39 is 15.9 Å². The van der Waals surface area contributed by atoms with E-state index in [1.165, 1.54) is 32.3 Å². The van der Waals surface area contributed by atoms with Crippen molar-refractivity contribution in [2.24, 2.45) is 0 Å². The van der Waals surface area contributed by atoms with Crippen LogP contribution in [0.5, 0.6) is 0 Å². The number of anilines is 1. The van der Waals surface area contributed by atoms with Crippen molar-refractivity contribution in [1.29, 1.82) is 0 Å². The van der Waals surface area contributed by atoms with Gasteiger partial charge in [0.1, 0.15) is 0 Å². The fraction of sp³-hybridized carbons (Fsp3) is 0.167. The molecule has 0 fully saturated rings. The molecule has 10 heteroatoms. The third kappa shape index (κ3) is 3.98. The molecule has 8 nitrogen and oxygen atoms in total. The van der Waals surface area contributed by atoms with Gasteiger partial charge in [0.15, 0.2) is 0 Å². The lowest BCUT2D eigenvalue weighted by molar-refractivity contribution is 0.102. The van der Waals surface area contributed by atoms with Crippen LogP contribution in [-0.2, 0) is 10.0 Å². The molecule has 1 N–H and O–H groups in total. The fourth-order valence-electron chi connectivity index (χ4n) is 2.43. The molecule has 0 radical (unpaired) electrons. The Bertz CT molecular complexity index is 1140. The molecule has 0 unspecified atom stereocenters. The van der Waals surface area contributed by atoms with E-state index >= 15 is 0 Å². The first-order chi connectivity index (χ1) is 13.2. The van der Waals surface area contributed by atoms with Gasteiger partial charge in [-0.1, -0.05) is 17.3 Å². The number of halogens is 1. The second kappa shape index (κ2) is 7.82. The molecule has 2 aromatic carbocycles. The Balaban J connectivity index is 1.95. The Labute approximate surface area is 170 Å². The predicted molar refractivity (Wildman–Crippen MR) is 107 cm³/mol. The molecule has 1 amide bonds. The van der Waals surface area contributed by atoms with Gasteiger partial charge in [-0.3, -0.25) is 4.79 Å². The molecule has 0 atom stereocenters. The molecule has 0 aliphatic carbocycles. The molecule has 0 bridgehead atoms. The maximum absolute atomic E-state index is 12.8. The summed E-state index contributed by atoms with van der Waals surface area (Å²) in [5.41, 5.74) is 1.27. The molecule has 3 rings (SSSR count). The van der Waals surface area contributed by atoms with Crippen molar-refractivity contribution in [3.8, 4) is 11.4 Å². The zero-order chi connectivity index (χ0) is 20.5. The molecule has 1 heterocycles. The van der Waals surface area contributed by atoms with Crippen LogP contribution in [0, 0.1) is 6.92 Å². The summed E-state index contributed by atoms with van der Waals surface area (Å²) in [6.07, 6.45) is 0. The Morgan fingerprint density at radius 2 is 1.89 bits per heavy atom. The molecule has 1 aromatic heterocycles. The Morgan fingerprint density at radius 3 is 2.54 bits per heavy atom. The van der Waals surface area contributed by atoms with Crippen LogP contribution in [0.15, 0.2) is 56.4 Å². The van der Waals surface area contributed by atoms with Gasteiger partial charge in [-0.25, -0.2) is 12.7 Å². The second-order valence-electron chi connectivity index (χ2n) is 6.07. The van der Waals surface area contributed by atoms with Gasteiger partial charge in [0.2, 0.25) is 21.7 Å². The number of benzene rings is 2. The number of para-hydroxylation sites is 1. The average molecular weight is 465 g/mol. The Hall–Kier alpha value is -2.56. The lowest BCUT2D eigenvalue weighted by Gasteiger charge is -2.14. The van der Waals surface area contributed by atoms with Crippen LogP contribution in [0.4, 0.5) is 5.69 Å². The number of carbonyl (C=O) groups excluding carboxylic acids is 1. The summed E-state index contributed by atoms with van der Waals surface area (Å²) in [5, 5.41) is 6.65. The van der Waals surface area contributed by atoms with E-state index in [1.54, 1.807) is 31.2 Å². The zero-order valence-corrected chi connectivity index (χ0v) is 17.7. The van der Waals surface area contributed by atoms with Gasteiger partial charge >= 0.3 is 0 Å². The maximum atomic E-state index is 12.8. The SMILES string of the molecule is Cc1nc(-c2ccccc2NC(=O)c2ccc(Br)c(S(=O)(=O)N(C)C)c2)no1. The van der Waals surface area contributed by atoms with Crippen molar-refractivity contribution in [1.82, 2.24) is 14.4 Å². The molecule has 0 spiro atoms. The average Bonchev–Trinajstić information content (AvgIpc) is 3.08. The topological polar surface area (TPSA) is 105 Å². The summed E-state index contributed by atoms with van der Waals surface area (Å²) in [4.78, 5) is 16.9. The summed E-state index contributed by atoms with van der Waals surface area (Å²) in [5.74, 6) is 0.290. The third-order valence-electron chi connectivity index (χ3n) is 3.90. The van der Waals surface area contributed by atoms with E-state index in [4.69, 9.17) is 4.52 Å². The van der Waals surface area contributed by atoms with E-state index in [9.17, 15) is 13.2 Å². The molecule has 28 heavy (non-hydrogen) atoms. The summed E-state index contributed by atoms with van der Waals surface area (Å²) < 4.78 is 31.4. The number of nitrogens with zero attached hydrogens (tertiary/aromatic N) is 3. The summed E-state index contributed by atoms with van der Waals surface area (Å²) in [7, 11) is -0.854. The minimum absolute atomic E-state index is 0.00669. The fourth-order valence-corrected chi connectivity index (χ4v) is 4.27. The van der Waals surface area contributed by atoms with E-state index in [0.29, 0.717) is 27.4 Å². The molecule has 146 valence electrons. The molecular formula is C18H17BrN4O4S. The highest BCUT2D eigenvalue weighted by atomic mass is 79.9. The number of amides is 1. The van der Waals surface area contributed by atoms with Gasteiger partial charge in [0.05, 0.1) is 10.6 Å². The van der Waals surface area contributed by atoms with E-state index in [-0.39, 0.29) is 10.5 Å². The normalized spacial score (nSPS) is 11.6. The van der Waals surface area contributed by atoms with Crippen LogP contribution in [0.25, 0.3) is 11.4 Å². The summed E-state index contributed by atoms with van der Waals surface area (Å²) in [6.45, 7) is 1.67. The Morgan fingerprint density at radius 1 is 1.18 bits per heavy atom. The highest BCUT2D eigenvalue weighted by molar-refractivity contribution is 9.10. The summed E-state index contributed by atoms with van der Waals surface area (Å²) >= 11 is 3.23. The number of nitrogens with one attached hydrogen (secondary N) is 1. The van der Waals surface area contributed by atoms with Crippen LogP contribution in [-0.4, -0.2) is 42.9 Å². The third-order valence-corrected chi connectivity index (χ3v) is 6.70. The molecule has 0 saturated carbocycles. The van der Waals surface area contributed by atoms with Gasteiger partial charge in [0, 0.05) is 36.6 Å². The lowest BCUT2D eigenvalue weighted by Crippen LogP contribution is -2.23. The standard InChI is InChI=1S/C18H17BrN4O4S/c1-11-20-17(22-27-11)13-6-4-5-7-15(13)21-18(24)12-8-9-14(19)16(10-12)28(25,26)23(2)3/h4-10H,1-3H3,(H,21,24). The number of carbonyl (C=O) groups is 1. The largest absolute Gasteiger partial charge is 0.339 e. The van der Waals surface area contributed by atoms with Crippen molar-refractivity contribution in [3.05, 3.63) is 58.4 Å². The zero-order valence-electron chi connectivity index (χ0n) is 15.3. The number of sulfonamides is 1. The molecule has 3 aromatic rings. The first kappa shape index (κ1) is 20.2. The Kier molecular flexibility index (Phi) is 5.64. The van der Waals surface area contributed by atoms with Crippen LogP contribution >= 0.6 is 15.9 Å². The first-order valence-electron chi connectivity index (χ1n) is 8.13. The minimum atomic E-state index is -3.71. The van der Waals surface area contributed by atoms with Crippen molar-refractivity contribution >= 4 is 37.5 Å². The van der Waals surface area contributed by atoms with Crippen LogP contribution in [0.3, 0.4) is 0 Å². The van der Waals surface area contributed by atoms with Gasteiger partial charge in [-0.15, -0.1) is 0 Å². The van der Waals surface area contributed by atoms with Gasteiger partial charge < -0.3 is 9.84 Å². The van der Waals surface area contributed by atoms with E-state index in [0.717, 1.165) is 4.31 Å². The molecule has 0 aliphatic heterocycles. The molecular weight excluding hydrogens is 448 g/mol. The highest BCUT2D eigenvalue weighted by Crippen LogP contribution is 2.28. The van der Waals surface area contributed by atoms with Gasteiger partial charge in [-0.05, 0) is 46.3 Å². The van der Waals surface area contributed by atoms with Gasteiger partial charge in [-0.2, -0.15) is 4.98 Å². The number of aromatic nitrogens is 2. The van der Waals surface area contributed by atoms with Crippen molar-refractivity contribution < 1.29 is 17.7 Å². The number of rotatable bonds is 5. The minimum Gasteiger partial charge on any atom is -0.339 e. The van der Waals surface area contributed by atoms with Crippen molar-refractivity contribution in [2.45, 2.75) is 11.8 Å². The smallest absolute Gasteiger partial charge is 0.255 e. The first-order valence-corrected chi connectivity index (χ1v) is 10.4. The van der Waals surface area contributed by atoms with Crippen molar-refractivity contribution in [3.63, 3.8) is 0 Å². The van der Waals surface area contributed by atoms with E-state index in [2.05, 4.69) is 31.4 Å². The van der Waals surface area contributed by atoms with Gasteiger partial charge in [0.25, 0.3) is 5.91 Å². The monoisotopic (exact) mass is 464 g/mol.